The van der Waals surface area contributed by atoms with Crippen LogP contribution in [0.25, 0.3) is 0 Å². The molecule has 3 N–H and O–H groups in total. The molecule has 0 fully saturated rings. The zero-order valence-corrected chi connectivity index (χ0v) is 15.3. The molecule has 2 aromatic rings. The lowest BCUT2D eigenvalue weighted by Crippen LogP contribution is -2.52. The number of pyridine rings is 1. The molecule has 0 spiro atoms. The third-order valence-electron chi connectivity index (χ3n) is 4.48. The predicted octanol–water partition coefficient (Wildman–Crippen LogP) is 2.10. The van der Waals surface area contributed by atoms with E-state index >= 15 is 0 Å². The Labute approximate surface area is 159 Å². The number of carbonyl (C=O) groups excluding carboxylic acids is 1. The summed E-state index contributed by atoms with van der Waals surface area (Å²) in [5.41, 5.74) is 1.65. The second kappa shape index (κ2) is 7.43. The van der Waals surface area contributed by atoms with Crippen molar-refractivity contribution in [3.63, 3.8) is 0 Å². The summed E-state index contributed by atoms with van der Waals surface area (Å²) in [5, 5.41) is 20.7. The summed E-state index contributed by atoms with van der Waals surface area (Å²) in [6, 6.07) is 5.59. The number of rotatable bonds is 5. The van der Waals surface area contributed by atoms with E-state index in [0.717, 1.165) is 6.20 Å². The topological polar surface area (TPSA) is 112 Å². The SMILES string of the molecule is CC(C)CC1NN(Cc2ccc(F)cc2)C(=O)c2c(O)c(=O)c(C(=O)O)cn21. The lowest BCUT2D eigenvalue weighted by molar-refractivity contribution is 0.0400. The Kier molecular flexibility index (Phi) is 5.19. The molecule has 1 unspecified atom stereocenters. The molecule has 1 aliphatic rings. The number of carboxylic acid groups (broad SMARTS) is 1. The summed E-state index contributed by atoms with van der Waals surface area (Å²) in [4.78, 5) is 36.4. The van der Waals surface area contributed by atoms with Crippen LogP contribution in [0.2, 0.25) is 0 Å². The average molecular weight is 389 g/mol. The first-order valence-electron chi connectivity index (χ1n) is 8.73. The third-order valence-corrected chi connectivity index (χ3v) is 4.48. The van der Waals surface area contributed by atoms with Crippen molar-refractivity contribution in [2.75, 3.05) is 0 Å². The third kappa shape index (κ3) is 3.61. The Hall–Kier alpha value is -3.20. The second-order valence-corrected chi connectivity index (χ2v) is 7.07. The van der Waals surface area contributed by atoms with Gasteiger partial charge in [-0.3, -0.25) is 14.6 Å². The first-order valence-corrected chi connectivity index (χ1v) is 8.73. The molecule has 1 amide bonds. The van der Waals surface area contributed by atoms with E-state index in [1.807, 2.05) is 13.8 Å². The highest BCUT2D eigenvalue weighted by molar-refractivity contribution is 5.97. The van der Waals surface area contributed by atoms with Crippen LogP contribution in [0.3, 0.4) is 0 Å². The van der Waals surface area contributed by atoms with E-state index in [1.54, 1.807) is 0 Å². The van der Waals surface area contributed by atoms with Gasteiger partial charge in [0.2, 0.25) is 5.43 Å². The minimum absolute atomic E-state index is 0.0714. The van der Waals surface area contributed by atoms with Gasteiger partial charge in [-0.1, -0.05) is 26.0 Å². The number of hydrogen-bond acceptors (Lipinski definition) is 5. The quantitative estimate of drug-likeness (QED) is 0.722. The van der Waals surface area contributed by atoms with E-state index in [2.05, 4.69) is 5.43 Å². The van der Waals surface area contributed by atoms with Crippen molar-refractivity contribution in [1.82, 2.24) is 15.0 Å². The van der Waals surface area contributed by atoms with E-state index in [0.29, 0.717) is 12.0 Å². The van der Waals surface area contributed by atoms with Gasteiger partial charge in [0.25, 0.3) is 5.91 Å². The van der Waals surface area contributed by atoms with E-state index in [1.165, 1.54) is 33.8 Å². The first kappa shape index (κ1) is 19.6. The Morgan fingerprint density at radius 3 is 2.46 bits per heavy atom. The van der Waals surface area contributed by atoms with Gasteiger partial charge in [0.1, 0.15) is 17.5 Å². The molecular formula is C19H20FN3O5. The number of benzene rings is 1. The molecule has 0 radical (unpaired) electrons. The monoisotopic (exact) mass is 389 g/mol. The maximum Gasteiger partial charge on any atom is 0.341 e. The van der Waals surface area contributed by atoms with E-state index in [9.17, 15) is 29.0 Å². The Bertz CT molecular complexity index is 984. The largest absolute Gasteiger partial charge is 0.503 e. The van der Waals surface area contributed by atoms with Crippen LogP contribution in [-0.2, 0) is 6.54 Å². The Balaban J connectivity index is 2.07. The molecule has 0 aliphatic carbocycles. The minimum Gasteiger partial charge on any atom is -0.503 e. The van der Waals surface area contributed by atoms with Crippen LogP contribution in [0.15, 0.2) is 35.3 Å². The summed E-state index contributed by atoms with van der Waals surface area (Å²) in [6.45, 7) is 3.97. The van der Waals surface area contributed by atoms with Crippen LogP contribution in [0.1, 0.15) is 52.8 Å². The molecule has 1 aromatic heterocycles. The van der Waals surface area contributed by atoms with Crippen molar-refractivity contribution >= 4 is 11.9 Å². The number of carboxylic acids is 1. The van der Waals surface area contributed by atoms with Gasteiger partial charge in [-0.05, 0) is 30.0 Å². The number of carbonyl (C=O) groups is 2. The maximum absolute atomic E-state index is 13.1. The number of aromatic hydroxyl groups is 1. The normalized spacial score (nSPS) is 16.4. The van der Waals surface area contributed by atoms with Gasteiger partial charge in [0.15, 0.2) is 11.4 Å². The summed E-state index contributed by atoms with van der Waals surface area (Å²) in [6.07, 6.45) is 1.02. The molecule has 2 heterocycles. The number of aromatic nitrogens is 1. The van der Waals surface area contributed by atoms with Crippen LogP contribution in [-0.4, -0.2) is 31.7 Å². The standard InChI is InChI=1S/C19H20FN3O5/c1-10(2)7-14-21-23(8-11-3-5-12(20)6-4-11)18(26)15-17(25)16(24)13(19(27)28)9-22(14)15/h3-6,9-10,14,21,25H,7-8H2,1-2H3,(H,27,28). The number of hydrazine groups is 1. The summed E-state index contributed by atoms with van der Waals surface area (Å²) in [5.74, 6) is -3.31. The molecule has 0 saturated heterocycles. The zero-order valence-electron chi connectivity index (χ0n) is 15.3. The van der Waals surface area contributed by atoms with Gasteiger partial charge in [-0.25, -0.2) is 14.6 Å². The number of amides is 1. The van der Waals surface area contributed by atoms with Gasteiger partial charge in [0.05, 0.1) is 6.54 Å². The fourth-order valence-electron chi connectivity index (χ4n) is 3.16. The highest BCUT2D eigenvalue weighted by atomic mass is 19.1. The lowest BCUT2D eigenvalue weighted by Gasteiger charge is -2.38. The number of nitrogens with zero attached hydrogens (tertiary/aromatic N) is 2. The molecular weight excluding hydrogens is 369 g/mol. The fraction of sp³-hybridized carbons (Fsp3) is 0.316. The number of hydrogen-bond donors (Lipinski definition) is 3. The smallest absolute Gasteiger partial charge is 0.341 e. The predicted molar refractivity (Wildman–Crippen MR) is 97.2 cm³/mol. The number of aromatic carboxylic acids is 1. The van der Waals surface area contributed by atoms with Crippen LogP contribution >= 0.6 is 0 Å². The lowest BCUT2D eigenvalue weighted by atomic mass is 10.1. The van der Waals surface area contributed by atoms with Crippen molar-refractivity contribution in [3.05, 3.63) is 63.3 Å². The molecule has 1 aromatic carbocycles. The summed E-state index contributed by atoms with van der Waals surface area (Å²) in [7, 11) is 0. The molecule has 148 valence electrons. The van der Waals surface area contributed by atoms with Crippen molar-refractivity contribution < 1.29 is 24.2 Å². The van der Waals surface area contributed by atoms with Gasteiger partial charge in [-0.15, -0.1) is 0 Å². The van der Waals surface area contributed by atoms with Crippen molar-refractivity contribution in [2.45, 2.75) is 33.0 Å². The van der Waals surface area contributed by atoms with Crippen molar-refractivity contribution in [2.24, 2.45) is 5.92 Å². The van der Waals surface area contributed by atoms with Crippen LogP contribution < -0.4 is 10.9 Å². The summed E-state index contributed by atoms with van der Waals surface area (Å²) < 4.78 is 14.4. The maximum atomic E-state index is 13.1. The Morgan fingerprint density at radius 2 is 1.89 bits per heavy atom. The molecule has 9 heteroatoms. The minimum atomic E-state index is -1.49. The molecule has 0 saturated carbocycles. The van der Waals surface area contributed by atoms with Gasteiger partial charge in [0, 0.05) is 6.20 Å². The number of nitrogens with one attached hydrogen (secondary N) is 1. The van der Waals surface area contributed by atoms with E-state index in [4.69, 9.17) is 0 Å². The first-order chi connectivity index (χ1) is 13.2. The zero-order chi connectivity index (χ0) is 20.6. The van der Waals surface area contributed by atoms with Crippen molar-refractivity contribution in [1.29, 1.82) is 0 Å². The summed E-state index contributed by atoms with van der Waals surface area (Å²) >= 11 is 0. The highest BCUT2D eigenvalue weighted by Gasteiger charge is 2.35. The number of halogens is 1. The molecule has 1 atom stereocenters. The van der Waals surface area contributed by atoms with Gasteiger partial charge in [-0.2, -0.15) is 0 Å². The molecule has 8 nitrogen and oxygen atoms in total. The highest BCUT2D eigenvalue weighted by Crippen LogP contribution is 2.28. The van der Waals surface area contributed by atoms with Crippen LogP contribution in [0, 0.1) is 11.7 Å². The van der Waals surface area contributed by atoms with Gasteiger partial charge >= 0.3 is 5.97 Å². The number of fused-ring (bicyclic) bond motifs is 1. The van der Waals surface area contributed by atoms with Crippen LogP contribution in [0.4, 0.5) is 4.39 Å². The van der Waals surface area contributed by atoms with Gasteiger partial charge < -0.3 is 14.8 Å². The second-order valence-electron chi connectivity index (χ2n) is 7.07. The van der Waals surface area contributed by atoms with E-state index in [-0.39, 0.29) is 18.2 Å². The van der Waals surface area contributed by atoms with Crippen LogP contribution in [0.5, 0.6) is 5.75 Å². The molecule has 3 rings (SSSR count). The Morgan fingerprint density at radius 1 is 1.25 bits per heavy atom. The molecule has 1 aliphatic heterocycles. The molecule has 28 heavy (non-hydrogen) atoms. The van der Waals surface area contributed by atoms with Crippen molar-refractivity contribution in [3.8, 4) is 5.75 Å². The average Bonchev–Trinajstić information content (AvgIpc) is 2.62. The fourth-order valence-corrected chi connectivity index (χ4v) is 3.16. The molecule has 0 bridgehead atoms. The van der Waals surface area contributed by atoms with E-state index < -0.39 is 40.6 Å².